The number of benzene rings is 1. The zero-order valence-corrected chi connectivity index (χ0v) is 15.1. The number of nitrogens with zero attached hydrogens (tertiary/aromatic N) is 2. The van der Waals surface area contributed by atoms with E-state index < -0.39 is 0 Å². The number of amides is 1. The third-order valence-electron chi connectivity index (χ3n) is 4.07. The maximum atomic E-state index is 13.7. The van der Waals surface area contributed by atoms with Gasteiger partial charge >= 0.3 is 0 Å². The van der Waals surface area contributed by atoms with E-state index >= 15 is 0 Å². The first kappa shape index (κ1) is 18.5. The monoisotopic (exact) mass is 349 g/mol. The highest BCUT2D eigenvalue weighted by Crippen LogP contribution is 2.18. The van der Waals surface area contributed by atoms with Crippen LogP contribution < -0.4 is 5.73 Å². The quantitative estimate of drug-likeness (QED) is 0.834. The zero-order valence-electron chi connectivity index (χ0n) is 14.3. The first-order valence-electron chi connectivity index (χ1n) is 8.07. The standard InChI is InChI=1S/C18H24FN3OS/c1-12(2)15(20)8-9-22(3)18(23)16-11-24-17(21-16)10-13-6-4-5-7-14(13)19/h4-7,11-12,15H,8-10,20H2,1-3H3. The predicted octanol–water partition coefficient (Wildman–Crippen LogP) is 3.32. The summed E-state index contributed by atoms with van der Waals surface area (Å²) in [5, 5.41) is 2.47. The van der Waals surface area contributed by atoms with Crippen molar-refractivity contribution in [2.45, 2.75) is 32.7 Å². The van der Waals surface area contributed by atoms with Gasteiger partial charge in [0, 0.05) is 31.4 Å². The Labute approximate surface area is 146 Å². The molecule has 0 saturated heterocycles. The summed E-state index contributed by atoms with van der Waals surface area (Å²) in [7, 11) is 1.76. The molecule has 0 spiro atoms. The van der Waals surface area contributed by atoms with Gasteiger partial charge in [0.2, 0.25) is 0 Å². The van der Waals surface area contributed by atoms with Crippen molar-refractivity contribution >= 4 is 17.2 Å². The van der Waals surface area contributed by atoms with E-state index in [1.807, 2.05) is 0 Å². The number of nitrogens with two attached hydrogens (primary N) is 1. The molecule has 0 fully saturated rings. The molecule has 2 rings (SSSR count). The molecule has 1 unspecified atom stereocenters. The Balaban J connectivity index is 1.96. The lowest BCUT2D eigenvalue weighted by Gasteiger charge is -2.20. The number of carbonyl (C=O) groups excluding carboxylic acids is 1. The van der Waals surface area contributed by atoms with Gasteiger partial charge in [0.15, 0.2) is 0 Å². The topological polar surface area (TPSA) is 59.2 Å². The Morgan fingerprint density at radius 2 is 2.08 bits per heavy atom. The van der Waals surface area contributed by atoms with Crippen molar-refractivity contribution in [3.05, 3.63) is 51.7 Å². The van der Waals surface area contributed by atoms with Crippen molar-refractivity contribution in [3.8, 4) is 0 Å². The largest absolute Gasteiger partial charge is 0.340 e. The minimum absolute atomic E-state index is 0.0762. The zero-order chi connectivity index (χ0) is 17.7. The van der Waals surface area contributed by atoms with Crippen LogP contribution in [0.2, 0.25) is 0 Å². The molecule has 0 aliphatic rings. The molecule has 0 aliphatic carbocycles. The first-order chi connectivity index (χ1) is 11.4. The van der Waals surface area contributed by atoms with Crippen LogP contribution in [-0.4, -0.2) is 35.4 Å². The van der Waals surface area contributed by atoms with Crippen LogP contribution in [0.5, 0.6) is 0 Å². The summed E-state index contributed by atoms with van der Waals surface area (Å²) >= 11 is 1.38. The predicted molar refractivity (Wildman–Crippen MR) is 95.7 cm³/mol. The second-order valence-electron chi connectivity index (χ2n) is 6.32. The van der Waals surface area contributed by atoms with Crippen LogP contribution in [0.1, 0.15) is 41.3 Å². The summed E-state index contributed by atoms with van der Waals surface area (Å²) < 4.78 is 13.7. The highest BCUT2D eigenvalue weighted by Gasteiger charge is 2.17. The minimum Gasteiger partial charge on any atom is -0.340 e. The fraction of sp³-hybridized carbons (Fsp3) is 0.444. The highest BCUT2D eigenvalue weighted by molar-refractivity contribution is 7.09. The van der Waals surface area contributed by atoms with E-state index in [0.717, 1.165) is 11.4 Å². The lowest BCUT2D eigenvalue weighted by atomic mass is 10.0. The number of halogens is 1. The fourth-order valence-electron chi connectivity index (χ4n) is 2.27. The van der Waals surface area contributed by atoms with Crippen molar-refractivity contribution in [3.63, 3.8) is 0 Å². The highest BCUT2D eigenvalue weighted by atomic mass is 32.1. The van der Waals surface area contributed by atoms with Gasteiger partial charge in [-0.05, 0) is 24.0 Å². The summed E-state index contributed by atoms with van der Waals surface area (Å²) in [5.41, 5.74) is 7.02. The number of thiazole rings is 1. The van der Waals surface area contributed by atoms with Gasteiger partial charge in [-0.3, -0.25) is 4.79 Å². The molecule has 2 N–H and O–H groups in total. The Morgan fingerprint density at radius 3 is 2.75 bits per heavy atom. The van der Waals surface area contributed by atoms with Gasteiger partial charge in [0.1, 0.15) is 11.5 Å². The van der Waals surface area contributed by atoms with Crippen molar-refractivity contribution < 1.29 is 9.18 Å². The van der Waals surface area contributed by atoms with Gasteiger partial charge in [-0.25, -0.2) is 9.37 Å². The van der Waals surface area contributed by atoms with Crippen molar-refractivity contribution in [1.82, 2.24) is 9.88 Å². The van der Waals surface area contributed by atoms with Gasteiger partial charge in [-0.15, -0.1) is 11.3 Å². The maximum Gasteiger partial charge on any atom is 0.273 e. The Morgan fingerprint density at radius 1 is 1.38 bits per heavy atom. The molecule has 0 bridgehead atoms. The summed E-state index contributed by atoms with van der Waals surface area (Å²) in [6.45, 7) is 4.74. The average Bonchev–Trinajstić information content (AvgIpc) is 3.02. The number of aromatic nitrogens is 1. The summed E-state index contributed by atoms with van der Waals surface area (Å²) in [6, 6.07) is 6.70. The third kappa shape index (κ3) is 4.85. The third-order valence-corrected chi connectivity index (χ3v) is 4.92. The molecule has 1 amide bonds. The van der Waals surface area contributed by atoms with Crippen molar-refractivity contribution in [1.29, 1.82) is 0 Å². The SMILES string of the molecule is CC(C)C(N)CCN(C)C(=O)c1csc(Cc2ccccc2F)n1. The van der Waals surface area contributed by atoms with Crippen LogP contribution >= 0.6 is 11.3 Å². The van der Waals surface area contributed by atoms with E-state index in [2.05, 4.69) is 18.8 Å². The molecule has 0 saturated carbocycles. The maximum absolute atomic E-state index is 13.7. The second kappa shape index (κ2) is 8.35. The van der Waals surface area contributed by atoms with Gasteiger partial charge in [0.05, 0.1) is 5.01 Å². The molecule has 1 aromatic carbocycles. The van der Waals surface area contributed by atoms with Gasteiger partial charge in [-0.1, -0.05) is 32.0 Å². The van der Waals surface area contributed by atoms with Crippen LogP contribution in [0.15, 0.2) is 29.6 Å². The van der Waals surface area contributed by atoms with Crippen molar-refractivity contribution in [2.24, 2.45) is 11.7 Å². The Bertz CT molecular complexity index is 686. The molecule has 130 valence electrons. The van der Waals surface area contributed by atoms with E-state index in [1.165, 1.54) is 17.4 Å². The van der Waals surface area contributed by atoms with Gasteiger partial charge in [-0.2, -0.15) is 0 Å². The molecule has 24 heavy (non-hydrogen) atoms. The Kier molecular flexibility index (Phi) is 6.45. The van der Waals surface area contributed by atoms with Crippen LogP contribution in [0.25, 0.3) is 0 Å². The normalized spacial score (nSPS) is 12.4. The lowest BCUT2D eigenvalue weighted by molar-refractivity contribution is 0.0784. The molecule has 1 atom stereocenters. The molecule has 2 aromatic rings. The van der Waals surface area contributed by atoms with Gasteiger partial charge in [0.25, 0.3) is 5.91 Å². The first-order valence-corrected chi connectivity index (χ1v) is 8.95. The summed E-state index contributed by atoms with van der Waals surface area (Å²) in [6.07, 6.45) is 1.15. The number of hydrogen-bond acceptors (Lipinski definition) is 4. The summed E-state index contributed by atoms with van der Waals surface area (Å²) in [5.74, 6) is 0.0162. The van der Waals surface area contributed by atoms with Crippen molar-refractivity contribution in [2.75, 3.05) is 13.6 Å². The van der Waals surface area contributed by atoms with Crippen LogP contribution in [0.3, 0.4) is 0 Å². The van der Waals surface area contributed by atoms with E-state index in [0.29, 0.717) is 30.1 Å². The van der Waals surface area contributed by atoms with E-state index in [-0.39, 0.29) is 17.8 Å². The minimum atomic E-state index is -0.250. The molecule has 4 nitrogen and oxygen atoms in total. The van der Waals surface area contributed by atoms with E-state index in [4.69, 9.17) is 5.73 Å². The van der Waals surface area contributed by atoms with Crippen LogP contribution in [0.4, 0.5) is 4.39 Å². The molecule has 1 aromatic heterocycles. The molecule has 6 heteroatoms. The van der Waals surface area contributed by atoms with Crippen LogP contribution in [0, 0.1) is 11.7 Å². The second-order valence-corrected chi connectivity index (χ2v) is 7.26. The van der Waals surface area contributed by atoms with E-state index in [1.54, 1.807) is 35.5 Å². The summed E-state index contributed by atoms with van der Waals surface area (Å²) in [4.78, 5) is 18.4. The Hall–Kier alpha value is -1.79. The average molecular weight is 349 g/mol. The number of carbonyl (C=O) groups is 1. The molecule has 0 radical (unpaired) electrons. The molecular formula is C18H24FN3OS. The van der Waals surface area contributed by atoms with Crippen LogP contribution in [-0.2, 0) is 6.42 Å². The lowest BCUT2D eigenvalue weighted by Crippen LogP contribution is -2.34. The number of hydrogen-bond donors (Lipinski definition) is 1. The molecular weight excluding hydrogens is 325 g/mol. The molecule has 1 heterocycles. The number of rotatable bonds is 7. The van der Waals surface area contributed by atoms with Gasteiger partial charge < -0.3 is 10.6 Å². The molecule has 0 aliphatic heterocycles. The van der Waals surface area contributed by atoms with E-state index in [9.17, 15) is 9.18 Å². The smallest absolute Gasteiger partial charge is 0.273 e. The fourth-order valence-corrected chi connectivity index (χ4v) is 3.06.